The van der Waals surface area contributed by atoms with Crippen LogP contribution in [-0.2, 0) is 4.79 Å². The van der Waals surface area contributed by atoms with E-state index < -0.39 is 17.9 Å². The van der Waals surface area contributed by atoms with Crippen molar-refractivity contribution in [1.29, 1.82) is 0 Å². The number of halogens is 4. The summed E-state index contributed by atoms with van der Waals surface area (Å²) >= 11 is 11.5. The van der Waals surface area contributed by atoms with Gasteiger partial charge in [-0.2, -0.15) is 4.39 Å². The predicted molar refractivity (Wildman–Crippen MR) is 80.6 cm³/mol. The molecule has 0 aliphatic carbocycles. The number of fused-ring (bicyclic) bond motifs is 1. The number of aliphatic carboxylic acids is 1. The van der Waals surface area contributed by atoms with Gasteiger partial charge in [-0.05, 0) is 25.1 Å². The first-order valence-corrected chi connectivity index (χ1v) is 6.96. The summed E-state index contributed by atoms with van der Waals surface area (Å²) in [6, 6.07) is 2.81. The third-order valence-corrected chi connectivity index (χ3v) is 2.61. The topological polar surface area (TPSA) is 46.5 Å². The average Bonchev–Trinajstić information content (AvgIpc) is 2.40. The minimum absolute atomic E-state index is 0.134. The Hall–Kier alpha value is -1.33. The highest BCUT2D eigenvalue weighted by Gasteiger charge is 2.28. The van der Waals surface area contributed by atoms with Gasteiger partial charge in [-0.15, -0.1) is 0 Å². The number of rotatable bonds is 1. The quantitative estimate of drug-likeness (QED) is 0.768. The van der Waals surface area contributed by atoms with Gasteiger partial charge >= 0.3 is 5.97 Å². The van der Waals surface area contributed by atoms with Crippen molar-refractivity contribution in [2.45, 2.75) is 27.1 Å². The van der Waals surface area contributed by atoms with Crippen molar-refractivity contribution in [3.63, 3.8) is 0 Å². The fraction of sp³-hybridized carbons (Fsp3) is 0.357. The molecular formula is C14H16Cl2F2O3. The molecule has 118 valence electrons. The number of hydrogen-bond donors (Lipinski definition) is 1. The lowest BCUT2D eigenvalue weighted by Crippen LogP contribution is -2.22. The molecule has 1 heterocycles. The average molecular weight is 341 g/mol. The zero-order valence-corrected chi connectivity index (χ0v) is 13.3. The highest BCUT2D eigenvalue weighted by molar-refractivity contribution is 6.36. The van der Waals surface area contributed by atoms with Gasteiger partial charge in [0.15, 0.2) is 0 Å². The van der Waals surface area contributed by atoms with Crippen LogP contribution < -0.4 is 4.74 Å². The van der Waals surface area contributed by atoms with Crippen molar-refractivity contribution in [3.05, 3.63) is 33.3 Å². The number of hydrogen-bond acceptors (Lipinski definition) is 2. The Bertz CT molecular complexity index is 519. The Kier molecular flexibility index (Phi) is 8.97. The van der Waals surface area contributed by atoms with Crippen molar-refractivity contribution in [3.8, 4) is 5.75 Å². The number of benzene rings is 1. The Labute approximate surface area is 132 Å². The van der Waals surface area contributed by atoms with E-state index in [1.165, 1.54) is 19.1 Å². The van der Waals surface area contributed by atoms with Gasteiger partial charge in [-0.3, -0.25) is 4.39 Å². The van der Waals surface area contributed by atoms with Crippen LogP contribution in [0, 0.1) is 0 Å². The third kappa shape index (κ3) is 5.52. The van der Waals surface area contributed by atoms with E-state index in [0.29, 0.717) is 10.6 Å². The van der Waals surface area contributed by atoms with E-state index >= 15 is 0 Å². The smallest absolute Gasteiger partial charge is 0.338 e. The molecule has 0 amide bonds. The highest BCUT2D eigenvalue weighted by atomic mass is 35.5. The lowest BCUT2D eigenvalue weighted by Gasteiger charge is -2.20. The van der Waals surface area contributed by atoms with Gasteiger partial charge in [-0.1, -0.05) is 37.0 Å². The van der Waals surface area contributed by atoms with Crippen molar-refractivity contribution >= 4 is 35.2 Å². The molecular weight excluding hydrogens is 325 g/mol. The number of carboxylic acid groups (broad SMARTS) is 1. The van der Waals surface area contributed by atoms with Crippen LogP contribution in [0.25, 0.3) is 6.08 Å². The van der Waals surface area contributed by atoms with Crippen LogP contribution in [0.15, 0.2) is 17.7 Å². The van der Waals surface area contributed by atoms with Gasteiger partial charge in [-0.25, -0.2) is 4.79 Å². The molecule has 7 heteroatoms. The largest absolute Gasteiger partial charge is 0.478 e. The van der Waals surface area contributed by atoms with Crippen LogP contribution in [0.1, 0.15) is 26.3 Å². The second kappa shape index (κ2) is 9.58. The van der Waals surface area contributed by atoms with Crippen molar-refractivity contribution in [1.82, 2.24) is 0 Å². The summed E-state index contributed by atoms with van der Waals surface area (Å²) in [5.41, 5.74) is -0.172. The molecule has 1 aliphatic heterocycles. The van der Waals surface area contributed by atoms with Gasteiger partial charge in [0.2, 0.25) is 0 Å². The van der Waals surface area contributed by atoms with Gasteiger partial charge in [0.1, 0.15) is 11.3 Å². The van der Waals surface area contributed by atoms with Gasteiger partial charge < -0.3 is 9.84 Å². The summed E-state index contributed by atoms with van der Waals surface area (Å²) in [6.45, 7) is 5.21. The van der Waals surface area contributed by atoms with Crippen LogP contribution in [0.3, 0.4) is 0 Å². The SMILES string of the molecule is CC.CCF.O=C(O)C1=Cc2c(Cl)cc(Cl)cc2OC1F. The van der Waals surface area contributed by atoms with Crippen molar-refractivity contribution in [2.24, 2.45) is 0 Å². The van der Waals surface area contributed by atoms with E-state index in [-0.39, 0.29) is 17.4 Å². The summed E-state index contributed by atoms with van der Waals surface area (Å²) in [5, 5.41) is 9.23. The second-order valence-electron chi connectivity index (χ2n) is 3.41. The molecule has 1 unspecified atom stereocenters. The standard InChI is InChI=1S/C10H5Cl2FO3.C2H5F.C2H6/c11-4-1-7(12)5-3-6(10(14)15)9(13)16-8(5)2-4;1-2-3;1-2/h1-3,9H,(H,14,15);2H2,1H3;1-2H3. The monoisotopic (exact) mass is 340 g/mol. The van der Waals surface area contributed by atoms with Gasteiger partial charge in [0.25, 0.3) is 6.36 Å². The first-order chi connectivity index (χ1) is 9.90. The number of carbonyl (C=O) groups is 1. The molecule has 3 nitrogen and oxygen atoms in total. The summed E-state index contributed by atoms with van der Waals surface area (Å²) in [6.07, 6.45) is -0.871. The summed E-state index contributed by atoms with van der Waals surface area (Å²) in [7, 11) is 0. The first kappa shape index (κ1) is 19.7. The molecule has 1 aromatic rings. The molecule has 1 aromatic carbocycles. The normalized spacial score (nSPS) is 15.2. The van der Waals surface area contributed by atoms with Crippen LogP contribution >= 0.6 is 23.2 Å². The zero-order chi connectivity index (χ0) is 16.6. The summed E-state index contributed by atoms with van der Waals surface area (Å²) in [5.74, 6) is -1.25. The zero-order valence-electron chi connectivity index (χ0n) is 11.8. The molecule has 2 rings (SSSR count). The van der Waals surface area contributed by atoms with E-state index in [4.69, 9.17) is 33.0 Å². The van der Waals surface area contributed by atoms with Gasteiger partial charge in [0, 0.05) is 10.6 Å². The summed E-state index contributed by atoms with van der Waals surface area (Å²) < 4.78 is 28.4. The lowest BCUT2D eigenvalue weighted by molar-refractivity contribution is -0.134. The molecule has 1 aliphatic rings. The maximum Gasteiger partial charge on any atom is 0.338 e. The lowest BCUT2D eigenvalue weighted by atomic mass is 10.1. The Morgan fingerprint density at radius 2 is 1.90 bits per heavy atom. The van der Waals surface area contributed by atoms with Crippen LogP contribution in [0.5, 0.6) is 5.75 Å². The number of alkyl halides is 2. The van der Waals surface area contributed by atoms with Crippen LogP contribution in [0.2, 0.25) is 10.0 Å². The van der Waals surface area contributed by atoms with E-state index in [0.717, 1.165) is 6.08 Å². The Balaban J connectivity index is 0.000000713. The van der Waals surface area contributed by atoms with Crippen LogP contribution in [-0.4, -0.2) is 24.1 Å². The van der Waals surface area contributed by atoms with Crippen molar-refractivity contribution < 1.29 is 23.4 Å². The molecule has 0 radical (unpaired) electrons. The highest BCUT2D eigenvalue weighted by Crippen LogP contribution is 2.37. The fourth-order valence-electron chi connectivity index (χ4n) is 1.35. The third-order valence-electron chi connectivity index (χ3n) is 2.08. The summed E-state index contributed by atoms with van der Waals surface area (Å²) in [4.78, 5) is 10.7. The first-order valence-electron chi connectivity index (χ1n) is 6.21. The minimum atomic E-state index is -2.01. The maximum absolute atomic E-state index is 13.3. The molecule has 0 saturated heterocycles. The van der Waals surface area contributed by atoms with E-state index in [9.17, 15) is 13.6 Å². The molecule has 1 atom stereocenters. The molecule has 0 spiro atoms. The number of carboxylic acids is 1. The molecule has 0 saturated carbocycles. The van der Waals surface area contributed by atoms with E-state index in [1.54, 1.807) is 0 Å². The Morgan fingerprint density at radius 3 is 2.38 bits per heavy atom. The Morgan fingerprint density at radius 1 is 1.38 bits per heavy atom. The van der Waals surface area contributed by atoms with E-state index in [1.807, 2.05) is 13.8 Å². The van der Waals surface area contributed by atoms with Crippen LogP contribution in [0.4, 0.5) is 8.78 Å². The predicted octanol–water partition coefficient (Wildman–Crippen LogP) is 5.15. The molecule has 21 heavy (non-hydrogen) atoms. The molecule has 1 N–H and O–H groups in total. The van der Waals surface area contributed by atoms with Gasteiger partial charge in [0.05, 0.1) is 11.7 Å². The molecule has 0 fully saturated rings. The fourth-order valence-corrected chi connectivity index (χ4v) is 1.88. The molecule has 0 aromatic heterocycles. The number of ether oxygens (including phenoxy) is 1. The minimum Gasteiger partial charge on any atom is -0.478 e. The second-order valence-corrected chi connectivity index (χ2v) is 4.25. The van der Waals surface area contributed by atoms with Crippen molar-refractivity contribution in [2.75, 3.05) is 6.67 Å². The van der Waals surface area contributed by atoms with E-state index in [2.05, 4.69) is 0 Å². The maximum atomic E-state index is 13.3. The molecule has 0 bridgehead atoms.